The van der Waals surface area contributed by atoms with Gasteiger partial charge in [-0.05, 0) is 31.9 Å². The van der Waals surface area contributed by atoms with Gasteiger partial charge in [0.25, 0.3) is 0 Å². The molecule has 1 saturated heterocycles. The highest BCUT2D eigenvalue weighted by Crippen LogP contribution is 2.25. The van der Waals surface area contributed by atoms with Crippen LogP contribution < -0.4 is 10.5 Å². The molecule has 6 heteroatoms. The third kappa shape index (κ3) is 6.55. The summed E-state index contributed by atoms with van der Waals surface area (Å²) in [5.41, 5.74) is 5.51. The maximum Gasteiger partial charge on any atom is 0.224 e. The number of hydrogen-bond donors (Lipinski definition) is 1. The minimum absolute atomic E-state index is 0.00287. The van der Waals surface area contributed by atoms with Gasteiger partial charge in [0, 0.05) is 31.6 Å². The number of rotatable bonds is 3. The van der Waals surface area contributed by atoms with E-state index in [2.05, 4.69) is 0 Å². The molecule has 1 aromatic carbocycles. The maximum atomic E-state index is 11.3. The first kappa shape index (κ1) is 18.1. The van der Waals surface area contributed by atoms with E-state index in [1.165, 1.54) is 0 Å². The van der Waals surface area contributed by atoms with E-state index >= 15 is 0 Å². The number of carbonyl (C=O) groups excluding carboxylic acids is 1. The molecular formula is C15H22Cl2N2O2. The summed E-state index contributed by atoms with van der Waals surface area (Å²) >= 11 is 11.3. The summed E-state index contributed by atoms with van der Waals surface area (Å²) in [6, 6.07) is 5.13. The quantitative estimate of drug-likeness (QED) is 0.923. The molecule has 1 aromatic rings. The summed E-state index contributed by atoms with van der Waals surface area (Å²) in [6.07, 6.45) is 2.81. The second-order valence-electron chi connectivity index (χ2n) is 5.05. The molecule has 4 nitrogen and oxygen atoms in total. The predicted octanol–water partition coefficient (Wildman–Crippen LogP) is 3.35. The van der Waals surface area contributed by atoms with E-state index in [0.29, 0.717) is 16.5 Å². The van der Waals surface area contributed by atoms with Crippen LogP contribution in [-0.2, 0) is 4.79 Å². The van der Waals surface area contributed by atoms with Crippen LogP contribution in [0, 0.1) is 0 Å². The molecule has 0 saturated carbocycles. The van der Waals surface area contributed by atoms with Crippen molar-refractivity contribution in [3.05, 3.63) is 28.2 Å². The van der Waals surface area contributed by atoms with E-state index in [0.717, 1.165) is 31.7 Å². The van der Waals surface area contributed by atoms with Crippen molar-refractivity contribution in [3.63, 3.8) is 0 Å². The third-order valence-corrected chi connectivity index (χ3v) is 3.82. The van der Waals surface area contributed by atoms with Crippen molar-refractivity contribution in [1.82, 2.24) is 4.90 Å². The van der Waals surface area contributed by atoms with Gasteiger partial charge in [0.2, 0.25) is 5.91 Å². The van der Waals surface area contributed by atoms with E-state index in [1.807, 2.05) is 11.8 Å². The molecule has 2 rings (SSSR count). The molecule has 1 atom stereocenters. The molecule has 0 aliphatic carbocycles. The smallest absolute Gasteiger partial charge is 0.224 e. The Morgan fingerprint density at radius 3 is 2.43 bits per heavy atom. The molecule has 118 valence electrons. The number of hydrogen-bond acceptors (Lipinski definition) is 3. The number of amides is 1. The molecule has 0 aromatic heterocycles. The Bertz CT molecular complexity index is 461. The fourth-order valence-electron chi connectivity index (χ4n) is 1.97. The molecule has 0 bridgehead atoms. The second kappa shape index (κ2) is 9.13. The van der Waals surface area contributed by atoms with Gasteiger partial charge in [0.15, 0.2) is 0 Å². The minimum Gasteiger partial charge on any atom is -0.497 e. The van der Waals surface area contributed by atoms with Gasteiger partial charge in [0.05, 0.1) is 17.2 Å². The van der Waals surface area contributed by atoms with Crippen LogP contribution in [0.15, 0.2) is 18.2 Å². The SMILES string of the molecule is CC(N)CC(=O)N1CCCC1.COc1ccc(Cl)c(Cl)c1. The molecule has 2 N–H and O–H groups in total. The Kier molecular flexibility index (Phi) is 7.86. The standard InChI is InChI=1S/C8H16N2O.C7H6Cl2O/c1-7(9)6-8(11)10-4-2-3-5-10;1-10-5-2-3-6(8)7(9)4-5/h7H,2-6,9H2,1H3;2-4H,1H3. The summed E-state index contributed by atoms with van der Waals surface area (Å²) < 4.78 is 4.91. The summed E-state index contributed by atoms with van der Waals surface area (Å²) in [6.45, 7) is 3.74. The van der Waals surface area contributed by atoms with E-state index in [-0.39, 0.29) is 11.9 Å². The van der Waals surface area contributed by atoms with Gasteiger partial charge in [-0.1, -0.05) is 23.2 Å². The molecule has 1 heterocycles. The van der Waals surface area contributed by atoms with Crippen LogP contribution >= 0.6 is 23.2 Å². The molecular weight excluding hydrogens is 311 g/mol. The lowest BCUT2D eigenvalue weighted by molar-refractivity contribution is -0.130. The number of nitrogens with zero attached hydrogens (tertiary/aromatic N) is 1. The first-order valence-corrected chi connectivity index (χ1v) is 7.72. The Hall–Kier alpha value is -0.970. The van der Waals surface area contributed by atoms with Crippen LogP contribution in [0.2, 0.25) is 10.0 Å². The average molecular weight is 333 g/mol. The minimum atomic E-state index is 0.00287. The zero-order valence-corrected chi connectivity index (χ0v) is 14.0. The van der Waals surface area contributed by atoms with Gasteiger partial charge < -0.3 is 15.4 Å². The van der Waals surface area contributed by atoms with Crippen LogP contribution in [-0.4, -0.2) is 37.0 Å². The van der Waals surface area contributed by atoms with Crippen LogP contribution in [0.25, 0.3) is 0 Å². The number of carbonyl (C=O) groups is 1. The number of ether oxygens (including phenoxy) is 1. The lowest BCUT2D eigenvalue weighted by Crippen LogP contribution is -2.32. The number of methoxy groups -OCH3 is 1. The van der Waals surface area contributed by atoms with Gasteiger partial charge in [-0.25, -0.2) is 0 Å². The molecule has 1 aliphatic rings. The van der Waals surface area contributed by atoms with Crippen molar-refractivity contribution in [2.45, 2.75) is 32.2 Å². The number of likely N-dealkylation sites (tertiary alicyclic amines) is 1. The monoisotopic (exact) mass is 332 g/mol. The predicted molar refractivity (Wildman–Crippen MR) is 87.1 cm³/mol. The van der Waals surface area contributed by atoms with Gasteiger partial charge in [-0.3, -0.25) is 4.79 Å². The molecule has 1 aliphatic heterocycles. The van der Waals surface area contributed by atoms with Crippen molar-refractivity contribution in [2.24, 2.45) is 5.73 Å². The van der Waals surface area contributed by atoms with Crippen molar-refractivity contribution in [1.29, 1.82) is 0 Å². The fourth-order valence-corrected chi connectivity index (χ4v) is 2.26. The maximum absolute atomic E-state index is 11.3. The van der Waals surface area contributed by atoms with Crippen LogP contribution in [0.3, 0.4) is 0 Å². The summed E-state index contributed by atoms with van der Waals surface area (Å²) in [5.74, 6) is 0.937. The Balaban J connectivity index is 0.000000211. The average Bonchev–Trinajstić information content (AvgIpc) is 2.96. The topological polar surface area (TPSA) is 55.6 Å². The van der Waals surface area contributed by atoms with E-state index < -0.39 is 0 Å². The van der Waals surface area contributed by atoms with Crippen molar-refractivity contribution in [2.75, 3.05) is 20.2 Å². The van der Waals surface area contributed by atoms with Gasteiger partial charge >= 0.3 is 0 Å². The molecule has 1 fully saturated rings. The Morgan fingerprint density at radius 2 is 1.95 bits per heavy atom. The number of halogens is 2. The van der Waals surface area contributed by atoms with E-state index in [9.17, 15) is 4.79 Å². The van der Waals surface area contributed by atoms with E-state index in [1.54, 1.807) is 25.3 Å². The summed E-state index contributed by atoms with van der Waals surface area (Å²) in [5, 5.41) is 1.06. The molecule has 21 heavy (non-hydrogen) atoms. The lowest BCUT2D eigenvalue weighted by atomic mass is 10.2. The normalized spacial score (nSPS) is 15.2. The number of benzene rings is 1. The molecule has 1 amide bonds. The number of nitrogens with two attached hydrogens (primary N) is 1. The summed E-state index contributed by atoms with van der Waals surface area (Å²) in [7, 11) is 1.58. The largest absolute Gasteiger partial charge is 0.497 e. The first-order chi connectivity index (χ1) is 9.93. The van der Waals surface area contributed by atoms with Gasteiger partial charge in [-0.15, -0.1) is 0 Å². The highest BCUT2D eigenvalue weighted by atomic mass is 35.5. The Morgan fingerprint density at radius 1 is 1.33 bits per heavy atom. The molecule has 0 radical (unpaired) electrons. The van der Waals surface area contributed by atoms with Crippen molar-refractivity contribution >= 4 is 29.1 Å². The van der Waals surface area contributed by atoms with Crippen molar-refractivity contribution < 1.29 is 9.53 Å². The summed E-state index contributed by atoms with van der Waals surface area (Å²) in [4.78, 5) is 13.2. The van der Waals surface area contributed by atoms with E-state index in [4.69, 9.17) is 33.7 Å². The second-order valence-corrected chi connectivity index (χ2v) is 5.86. The third-order valence-electron chi connectivity index (χ3n) is 3.08. The Labute approximate surface area is 136 Å². The zero-order valence-electron chi connectivity index (χ0n) is 12.4. The zero-order chi connectivity index (χ0) is 15.8. The van der Waals surface area contributed by atoms with Crippen LogP contribution in [0.1, 0.15) is 26.2 Å². The molecule has 0 spiro atoms. The lowest BCUT2D eigenvalue weighted by Gasteiger charge is -2.15. The first-order valence-electron chi connectivity index (χ1n) is 6.96. The highest BCUT2D eigenvalue weighted by Gasteiger charge is 2.18. The van der Waals surface area contributed by atoms with Gasteiger partial charge in [0.1, 0.15) is 5.75 Å². The van der Waals surface area contributed by atoms with Crippen molar-refractivity contribution in [3.8, 4) is 5.75 Å². The van der Waals surface area contributed by atoms with Crippen LogP contribution in [0.4, 0.5) is 0 Å². The van der Waals surface area contributed by atoms with Crippen LogP contribution in [0.5, 0.6) is 5.75 Å². The van der Waals surface area contributed by atoms with Gasteiger partial charge in [-0.2, -0.15) is 0 Å². The molecule has 1 unspecified atom stereocenters. The highest BCUT2D eigenvalue weighted by molar-refractivity contribution is 6.42. The fraction of sp³-hybridized carbons (Fsp3) is 0.533.